The number of hydrazone groups is 1. The van der Waals surface area contributed by atoms with Crippen molar-refractivity contribution in [2.24, 2.45) is 5.10 Å². The summed E-state index contributed by atoms with van der Waals surface area (Å²) in [5.74, 6) is 0.870. The molecule has 0 atom stereocenters. The second-order valence-electron chi connectivity index (χ2n) is 5.50. The summed E-state index contributed by atoms with van der Waals surface area (Å²) in [5.41, 5.74) is 4.94. The van der Waals surface area contributed by atoms with Crippen molar-refractivity contribution in [3.63, 3.8) is 0 Å². The van der Waals surface area contributed by atoms with Crippen molar-refractivity contribution in [2.45, 2.75) is 20.8 Å². The Kier molecular flexibility index (Phi) is 6.39. The summed E-state index contributed by atoms with van der Waals surface area (Å²) >= 11 is 0. The first kappa shape index (κ1) is 18.3. The summed E-state index contributed by atoms with van der Waals surface area (Å²) in [4.78, 5) is 11.8. The molecule has 2 aromatic rings. The molecule has 0 bridgehead atoms. The molecule has 0 aliphatic carbocycles. The summed E-state index contributed by atoms with van der Waals surface area (Å²) in [6.07, 6.45) is 1.36. The van der Waals surface area contributed by atoms with E-state index in [0.29, 0.717) is 23.7 Å². The van der Waals surface area contributed by atoms with E-state index in [-0.39, 0.29) is 18.3 Å². The number of aryl methyl sites for hydroxylation is 2. The van der Waals surface area contributed by atoms with Gasteiger partial charge in [-0.05, 0) is 44.5 Å². The van der Waals surface area contributed by atoms with Gasteiger partial charge in [-0.15, -0.1) is 0 Å². The van der Waals surface area contributed by atoms with Gasteiger partial charge in [0.05, 0.1) is 12.8 Å². The monoisotopic (exact) mass is 342 g/mol. The van der Waals surface area contributed by atoms with Gasteiger partial charge in [0.25, 0.3) is 5.91 Å². The first-order chi connectivity index (χ1) is 12.0. The van der Waals surface area contributed by atoms with E-state index < -0.39 is 0 Å². The topological polar surface area (TPSA) is 80.2 Å². The van der Waals surface area contributed by atoms with Crippen molar-refractivity contribution in [1.29, 1.82) is 0 Å². The predicted molar refractivity (Wildman–Crippen MR) is 96.4 cm³/mol. The minimum atomic E-state index is -0.387. The highest BCUT2D eigenvalue weighted by atomic mass is 16.5. The normalized spacial score (nSPS) is 10.7. The molecule has 132 valence electrons. The highest BCUT2D eigenvalue weighted by Gasteiger charge is 2.05. The fourth-order valence-corrected chi connectivity index (χ4v) is 2.20. The molecule has 0 fully saturated rings. The number of carbonyl (C=O) groups excluding carboxylic acids is 1. The number of hydrogen-bond acceptors (Lipinski definition) is 5. The number of nitrogens with one attached hydrogen (secondary N) is 1. The summed E-state index contributed by atoms with van der Waals surface area (Å²) in [7, 11) is 0. The minimum absolute atomic E-state index is 0.0236. The number of phenolic OH excluding ortho intramolecular Hbond substituents is 1. The number of hydrogen-bond donors (Lipinski definition) is 2. The van der Waals surface area contributed by atoms with E-state index >= 15 is 0 Å². The largest absolute Gasteiger partial charge is 0.507 e. The number of aromatic hydroxyl groups is 1. The summed E-state index contributed by atoms with van der Waals surface area (Å²) in [5, 5.41) is 13.7. The van der Waals surface area contributed by atoms with Crippen LogP contribution in [0, 0.1) is 13.8 Å². The van der Waals surface area contributed by atoms with Crippen LogP contribution in [0.1, 0.15) is 23.6 Å². The van der Waals surface area contributed by atoms with Gasteiger partial charge in [-0.25, -0.2) is 5.43 Å². The molecular weight excluding hydrogens is 320 g/mol. The summed E-state index contributed by atoms with van der Waals surface area (Å²) in [6.45, 7) is 6.16. The third-order valence-electron chi connectivity index (χ3n) is 3.39. The molecule has 0 saturated heterocycles. The molecule has 25 heavy (non-hydrogen) atoms. The lowest BCUT2D eigenvalue weighted by Crippen LogP contribution is -2.24. The minimum Gasteiger partial charge on any atom is -0.507 e. The fraction of sp³-hybridized carbons (Fsp3) is 0.263. The molecule has 0 spiro atoms. The molecule has 0 heterocycles. The van der Waals surface area contributed by atoms with Gasteiger partial charge in [0.2, 0.25) is 0 Å². The van der Waals surface area contributed by atoms with Crippen LogP contribution in [-0.2, 0) is 4.79 Å². The molecule has 2 rings (SSSR count). The number of phenols is 1. The highest BCUT2D eigenvalue weighted by molar-refractivity contribution is 5.85. The second kappa shape index (κ2) is 8.73. The van der Waals surface area contributed by atoms with E-state index in [1.54, 1.807) is 12.1 Å². The number of benzene rings is 2. The Morgan fingerprint density at radius 3 is 2.68 bits per heavy atom. The molecule has 0 unspecified atom stereocenters. The fourth-order valence-electron chi connectivity index (χ4n) is 2.20. The van der Waals surface area contributed by atoms with Gasteiger partial charge in [-0.3, -0.25) is 4.79 Å². The maximum atomic E-state index is 11.8. The Labute approximate surface area is 147 Å². The maximum Gasteiger partial charge on any atom is 0.277 e. The molecule has 0 aliphatic heterocycles. The third kappa shape index (κ3) is 5.53. The van der Waals surface area contributed by atoms with Crippen molar-refractivity contribution in [3.8, 4) is 17.2 Å². The molecule has 6 nitrogen and oxygen atoms in total. The molecule has 0 aromatic heterocycles. The third-order valence-corrected chi connectivity index (χ3v) is 3.39. The van der Waals surface area contributed by atoms with Crippen LogP contribution < -0.4 is 14.9 Å². The smallest absolute Gasteiger partial charge is 0.277 e. The molecular formula is C19H22N2O4. The van der Waals surface area contributed by atoms with Crippen molar-refractivity contribution >= 4 is 12.1 Å². The standard InChI is InChI=1S/C19H22N2O4/c1-4-24-16-7-6-15(17(22)10-16)11-20-21-19(23)12-25-18-8-5-13(2)9-14(18)3/h5-11,22H,4,12H2,1-3H3,(H,21,23)/b20-11+. The van der Waals surface area contributed by atoms with Gasteiger partial charge in [-0.1, -0.05) is 17.7 Å². The zero-order chi connectivity index (χ0) is 18.2. The molecule has 6 heteroatoms. The molecule has 0 radical (unpaired) electrons. The van der Waals surface area contributed by atoms with Crippen molar-refractivity contribution in [1.82, 2.24) is 5.43 Å². The van der Waals surface area contributed by atoms with Gasteiger partial charge in [0.1, 0.15) is 17.2 Å². The SMILES string of the molecule is CCOc1ccc(/C=N/NC(=O)COc2ccc(C)cc2C)c(O)c1. The number of nitrogens with zero attached hydrogens (tertiary/aromatic N) is 1. The van der Waals surface area contributed by atoms with Crippen LogP contribution >= 0.6 is 0 Å². The Morgan fingerprint density at radius 2 is 2.00 bits per heavy atom. The quantitative estimate of drug-likeness (QED) is 0.599. The number of rotatable bonds is 7. The molecule has 2 N–H and O–H groups in total. The lowest BCUT2D eigenvalue weighted by atomic mass is 10.1. The zero-order valence-electron chi connectivity index (χ0n) is 14.6. The van der Waals surface area contributed by atoms with Crippen LogP contribution in [0.15, 0.2) is 41.5 Å². The Hall–Kier alpha value is -3.02. The van der Waals surface area contributed by atoms with Crippen LogP contribution in [0.25, 0.3) is 0 Å². The van der Waals surface area contributed by atoms with Crippen LogP contribution in [0.2, 0.25) is 0 Å². The molecule has 1 amide bonds. The van der Waals surface area contributed by atoms with Gasteiger partial charge >= 0.3 is 0 Å². The van der Waals surface area contributed by atoms with Crippen molar-refractivity contribution < 1.29 is 19.4 Å². The average molecular weight is 342 g/mol. The number of ether oxygens (including phenoxy) is 2. The Balaban J connectivity index is 1.86. The summed E-state index contributed by atoms with van der Waals surface area (Å²) in [6, 6.07) is 10.6. The Morgan fingerprint density at radius 1 is 1.20 bits per heavy atom. The number of carbonyl (C=O) groups is 1. The van der Waals surface area contributed by atoms with Crippen LogP contribution in [-0.4, -0.2) is 30.4 Å². The van der Waals surface area contributed by atoms with Crippen molar-refractivity contribution in [2.75, 3.05) is 13.2 Å². The van der Waals surface area contributed by atoms with Gasteiger partial charge < -0.3 is 14.6 Å². The van der Waals surface area contributed by atoms with Gasteiger partial charge in [0.15, 0.2) is 6.61 Å². The van der Waals surface area contributed by atoms with E-state index in [1.165, 1.54) is 12.3 Å². The van der Waals surface area contributed by atoms with E-state index in [4.69, 9.17) is 9.47 Å². The molecule has 0 saturated carbocycles. The maximum absolute atomic E-state index is 11.8. The molecule has 0 aliphatic rings. The summed E-state index contributed by atoms with van der Waals surface area (Å²) < 4.78 is 10.8. The van der Waals surface area contributed by atoms with Crippen LogP contribution in [0.5, 0.6) is 17.2 Å². The lowest BCUT2D eigenvalue weighted by Gasteiger charge is -2.08. The van der Waals surface area contributed by atoms with Crippen LogP contribution in [0.3, 0.4) is 0 Å². The highest BCUT2D eigenvalue weighted by Crippen LogP contribution is 2.22. The Bertz CT molecular complexity index is 772. The average Bonchev–Trinajstić information content (AvgIpc) is 2.56. The molecule has 2 aromatic carbocycles. The van der Waals surface area contributed by atoms with Crippen molar-refractivity contribution in [3.05, 3.63) is 53.1 Å². The zero-order valence-corrected chi connectivity index (χ0v) is 14.6. The van der Waals surface area contributed by atoms with Crippen LogP contribution in [0.4, 0.5) is 0 Å². The second-order valence-corrected chi connectivity index (χ2v) is 5.50. The van der Waals surface area contributed by atoms with E-state index in [1.807, 2.05) is 39.0 Å². The number of amides is 1. The predicted octanol–water partition coefficient (Wildman–Crippen LogP) is 2.94. The van der Waals surface area contributed by atoms with E-state index in [0.717, 1.165) is 11.1 Å². The first-order valence-electron chi connectivity index (χ1n) is 7.97. The van der Waals surface area contributed by atoms with E-state index in [9.17, 15) is 9.90 Å². The first-order valence-corrected chi connectivity index (χ1v) is 7.97. The lowest BCUT2D eigenvalue weighted by molar-refractivity contribution is -0.123. The van der Waals surface area contributed by atoms with Gasteiger partial charge in [-0.2, -0.15) is 5.10 Å². The van der Waals surface area contributed by atoms with E-state index in [2.05, 4.69) is 10.5 Å². The van der Waals surface area contributed by atoms with Gasteiger partial charge in [0, 0.05) is 11.6 Å².